The zero-order valence-electron chi connectivity index (χ0n) is 21.0. The van der Waals surface area contributed by atoms with Gasteiger partial charge in [0.25, 0.3) is 11.8 Å². The van der Waals surface area contributed by atoms with E-state index in [0.29, 0.717) is 16.9 Å². The molecule has 2 heterocycles. The van der Waals surface area contributed by atoms with Crippen molar-refractivity contribution in [3.63, 3.8) is 0 Å². The summed E-state index contributed by atoms with van der Waals surface area (Å²) in [5.74, 6) is -1.12. The van der Waals surface area contributed by atoms with Crippen molar-refractivity contribution in [1.29, 1.82) is 0 Å². The Balaban J connectivity index is 1.79. The van der Waals surface area contributed by atoms with Crippen LogP contribution in [0.4, 0.5) is 18.9 Å². The van der Waals surface area contributed by atoms with Crippen molar-refractivity contribution in [2.24, 2.45) is 0 Å². The molecule has 0 N–H and O–H groups in total. The van der Waals surface area contributed by atoms with Gasteiger partial charge in [-0.3, -0.25) is 10.1 Å². The van der Waals surface area contributed by atoms with Gasteiger partial charge in [0.1, 0.15) is 5.75 Å². The predicted octanol–water partition coefficient (Wildman–Crippen LogP) is 7.69. The van der Waals surface area contributed by atoms with Gasteiger partial charge in [-0.25, -0.2) is 4.98 Å². The van der Waals surface area contributed by atoms with E-state index in [4.69, 9.17) is 13.9 Å². The lowest BCUT2D eigenvalue weighted by Crippen LogP contribution is -2.45. The summed E-state index contributed by atoms with van der Waals surface area (Å²) >= 11 is 2.09. The highest BCUT2D eigenvalue weighted by Crippen LogP contribution is 2.47. The quantitative estimate of drug-likeness (QED) is 0.0694. The number of halogens is 4. The fourth-order valence-electron chi connectivity index (χ4n) is 3.78. The van der Waals surface area contributed by atoms with Crippen molar-refractivity contribution in [3.05, 3.63) is 104 Å². The van der Waals surface area contributed by atoms with Gasteiger partial charge in [0.05, 0.1) is 11.5 Å². The van der Waals surface area contributed by atoms with Crippen molar-refractivity contribution in [2.45, 2.75) is 38.1 Å². The number of pyridine rings is 1. The molecule has 0 amide bonds. The van der Waals surface area contributed by atoms with Gasteiger partial charge in [0.15, 0.2) is 0 Å². The first-order chi connectivity index (χ1) is 19.0. The van der Waals surface area contributed by atoms with Crippen LogP contribution in [0, 0.1) is 20.6 Å². The number of rotatable bonds is 11. The molecule has 2 aromatic heterocycles. The number of aryl methyl sites for hydroxylation is 1. The van der Waals surface area contributed by atoms with Crippen LogP contribution >= 0.6 is 22.6 Å². The smallest absolute Gasteiger partial charge is 0.426 e. The first kappa shape index (κ1) is 29.1. The minimum atomic E-state index is -4.99. The topological polar surface area (TPSA) is 113 Å². The number of ether oxygens (including phenoxy) is 2. The second-order valence-electron chi connectivity index (χ2n) is 8.63. The molecule has 1 unspecified atom stereocenters. The van der Waals surface area contributed by atoms with Gasteiger partial charge < -0.3 is 13.9 Å². The van der Waals surface area contributed by atoms with Crippen molar-refractivity contribution in [2.75, 3.05) is 0 Å². The van der Waals surface area contributed by atoms with E-state index in [1.54, 1.807) is 55.5 Å². The molecule has 0 aliphatic heterocycles. The van der Waals surface area contributed by atoms with Crippen molar-refractivity contribution in [1.82, 2.24) is 15.2 Å². The van der Waals surface area contributed by atoms with E-state index >= 15 is 0 Å². The summed E-state index contributed by atoms with van der Waals surface area (Å²) in [6.45, 7) is 4.65. The highest BCUT2D eigenvalue weighted by atomic mass is 127. The van der Waals surface area contributed by atoms with Crippen LogP contribution in [-0.2, 0) is 16.9 Å². The first-order valence-corrected chi connectivity index (χ1v) is 12.9. The number of hydrogen-bond donors (Lipinski definition) is 0. The molecule has 208 valence electrons. The SMILES string of the molecule is C=CCCC(OCc1ccccc1)(c1nnc(-c2nc(Oc3cccc(I)c3)c(C)cc2[N+](=O)[O-])o1)C(F)(F)F. The maximum atomic E-state index is 14.7. The molecule has 2 aromatic carbocycles. The van der Waals surface area contributed by atoms with E-state index in [1.165, 1.54) is 12.1 Å². The summed E-state index contributed by atoms with van der Waals surface area (Å²) in [5.41, 5.74) is -3.20. The Hall–Kier alpha value is -3.85. The Morgan fingerprint density at radius 3 is 2.52 bits per heavy atom. The van der Waals surface area contributed by atoms with Gasteiger partial charge in [-0.1, -0.05) is 42.5 Å². The molecule has 0 fully saturated rings. The molecule has 4 aromatic rings. The molecule has 0 spiro atoms. The van der Waals surface area contributed by atoms with Gasteiger partial charge in [-0.05, 0) is 66.1 Å². The Morgan fingerprint density at radius 2 is 1.88 bits per heavy atom. The maximum absolute atomic E-state index is 14.7. The molecule has 13 heteroatoms. The maximum Gasteiger partial charge on any atom is 0.426 e. The lowest BCUT2D eigenvalue weighted by Gasteiger charge is -2.32. The summed E-state index contributed by atoms with van der Waals surface area (Å²) in [6, 6.07) is 16.4. The fraction of sp³-hybridized carbons (Fsp3) is 0.222. The number of aromatic nitrogens is 3. The van der Waals surface area contributed by atoms with E-state index in [1.807, 2.05) is 6.07 Å². The van der Waals surface area contributed by atoms with E-state index < -0.39 is 52.9 Å². The predicted molar refractivity (Wildman–Crippen MR) is 147 cm³/mol. The Kier molecular flexibility index (Phi) is 8.83. The van der Waals surface area contributed by atoms with E-state index in [0.717, 1.165) is 3.57 Å². The fourth-order valence-corrected chi connectivity index (χ4v) is 4.29. The highest BCUT2D eigenvalue weighted by Gasteiger charge is 2.61. The number of hydrogen-bond acceptors (Lipinski definition) is 8. The van der Waals surface area contributed by atoms with Gasteiger partial charge in [-0.2, -0.15) is 13.2 Å². The van der Waals surface area contributed by atoms with Crippen LogP contribution in [0.1, 0.15) is 29.9 Å². The second-order valence-corrected chi connectivity index (χ2v) is 9.88. The molecule has 0 aliphatic rings. The van der Waals surface area contributed by atoms with Crippen LogP contribution in [0.15, 0.2) is 77.7 Å². The highest BCUT2D eigenvalue weighted by molar-refractivity contribution is 14.1. The summed E-state index contributed by atoms with van der Waals surface area (Å²) in [7, 11) is 0. The monoisotopic (exact) mass is 666 g/mol. The third-order valence-corrected chi connectivity index (χ3v) is 6.48. The Bertz CT molecular complexity index is 1510. The summed E-state index contributed by atoms with van der Waals surface area (Å²) < 4.78 is 61.6. The lowest BCUT2D eigenvalue weighted by atomic mass is 9.96. The molecule has 0 aliphatic carbocycles. The van der Waals surface area contributed by atoms with E-state index in [9.17, 15) is 23.3 Å². The third kappa shape index (κ3) is 6.31. The average Bonchev–Trinajstić information content (AvgIpc) is 3.40. The standard InChI is InChI=1S/C27H22F3IN4O5/c1-3-4-13-26(27(28,29)30,38-16-18-9-6-5-7-10-18)25-34-33-24(40-25)22-21(35(36)37)14-17(2)23(32-22)39-20-12-8-11-19(31)15-20/h3,5-12,14-15H,1,4,13,16H2,2H3. The second kappa shape index (κ2) is 12.1. The first-order valence-electron chi connectivity index (χ1n) is 11.8. The van der Waals surface area contributed by atoms with Gasteiger partial charge in [0.2, 0.25) is 17.2 Å². The molecule has 4 rings (SSSR count). The molecule has 0 bridgehead atoms. The molecule has 0 radical (unpaired) electrons. The number of alkyl halides is 3. The van der Waals surface area contributed by atoms with Crippen LogP contribution in [-0.4, -0.2) is 26.3 Å². The Labute approximate surface area is 240 Å². The number of nitro groups is 1. The van der Waals surface area contributed by atoms with Crippen molar-refractivity contribution >= 4 is 28.3 Å². The zero-order valence-corrected chi connectivity index (χ0v) is 23.2. The minimum absolute atomic E-state index is 0.0172. The largest absolute Gasteiger partial charge is 0.439 e. The van der Waals surface area contributed by atoms with Crippen LogP contribution in [0.25, 0.3) is 11.6 Å². The normalized spacial score (nSPS) is 13.0. The number of nitrogens with zero attached hydrogens (tertiary/aromatic N) is 4. The molecule has 1 atom stereocenters. The molecular formula is C27H22F3IN4O5. The van der Waals surface area contributed by atoms with E-state index in [-0.39, 0.29) is 12.3 Å². The van der Waals surface area contributed by atoms with Crippen molar-refractivity contribution in [3.8, 4) is 23.2 Å². The summed E-state index contributed by atoms with van der Waals surface area (Å²) in [4.78, 5) is 15.3. The van der Waals surface area contributed by atoms with Crippen LogP contribution in [0.2, 0.25) is 0 Å². The number of allylic oxidation sites excluding steroid dienone is 1. The minimum Gasteiger partial charge on any atom is -0.439 e. The van der Waals surface area contributed by atoms with Crippen molar-refractivity contribution < 1.29 is 32.0 Å². The summed E-state index contributed by atoms with van der Waals surface area (Å²) in [5, 5.41) is 19.2. The molecule has 9 nitrogen and oxygen atoms in total. The van der Waals surface area contributed by atoms with Gasteiger partial charge in [-0.15, -0.1) is 16.8 Å². The third-order valence-electron chi connectivity index (χ3n) is 5.81. The summed E-state index contributed by atoms with van der Waals surface area (Å²) in [6.07, 6.45) is -4.38. The zero-order chi connectivity index (χ0) is 28.9. The average molecular weight is 666 g/mol. The van der Waals surface area contributed by atoms with Gasteiger partial charge >= 0.3 is 11.9 Å². The molecule has 0 saturated heterocycles. The number of benzene rings is 2. The van der Waals surface area contributed by atoms with Crippen LogP contribution in [0.3, 0.4) is 0 Å². The molecule has 40 heavy (non-hydrogen) atoms. The lowest BCUT2D eigenvalue weighted by molar-refractivity contribution is -0.384. The molecule has 0 saturated carbocycles. The van der Waals surface area contributed by atoms with Crippen LogP contribution in [0.5, 0.6) is 11.6 Å². The van der Waals surface area contributed by atoms with Crippen LogP contribution < -0.4 is 4.74 Å². The molecular weight excluding hydrogens is 644 g/mol. The van der Waals surface area contributed by atoms with E-state index in [2.05, 4.69) is 44.4 Å². The van der Waals surface area contributed by atoms with Gasteiger partial charge in [0, 0.05) is 15.2 Å². The Morgan fingerprint density at radius 1 is 1.12 bits per heavy atom.